The number of esters is 1. The third kappa shape index (κ3) is 14.1. The molecule has 0 aromatic heterocycles. The fourth-order valence-electron chi connectivity index (χ4n) is 1.43. The quantitative estimate of drug-likeness (QED) is 0.441. The van der Waals surface area contributed by atoms with Crippen LogP contribution in [0.1, 0.15) is 26.7 Å². The number of nitrogens with one attached hydrogen (secondary N) is 1. The third-order valence-corrected chi connectivity index (χ3v) is 2.89. The Labute approximate surface area is 163 Å². The van der Waals surface area contributed by atoms with Crippen LogP contribution in [0.25, 0.3) is 0 Å². The molecular formula is C18H21Cl2NO5. The van der Waals surface area contributed by atoms with Crippen LogP contribution in [0.4, 0.5) is 10.5 Å². The van der Waals surface area contributed by atoms with E-state index in [1.165, 1.54) is 6.92 Å². The first-order valence-corrected chi connectivity index (χ1v) is 8.66. The average Bonchev–Trinajstić information content (AvgIpc) is 2.58. The molecule has 0 saturated heterocycles. The molecule has 8 heteroatoms. The lowest BCUT2D eigenvalue weighted by Gasteiger charge is -2.04. The molecule has 0 aliphatic heterocycles. The van der Waals surface area contributed by atoms with Crippen molar-refractivity contribution in [2.45, 2.75) is 26.7 Å². The molecule has 0 unspecified atom stereocenters. The highest BCUT2D eigenvalue weighted by molar-refractivity contribution is 6.30. The highest BCUT2D eigenvalue weighted by Gasteiger charge is 2.02. The minimum Gasteiger partial charge on any atom is -0.466 e. The van der Waals surface area contributed by atoms with Gasteiger partial charge in [-0.25, -0.2) is 4.79 Å². The fraction of sp³-hybridized carbons (Fsp3) is 0.389. The van der Waals surface area contributed by atoms with Gasteiger partial charge in [-0.3, -0.25) is 10.1 Å². The predicted octanol–water partition coefficient (Wildman–Crippen LogP) is 4.05. The van der Waals surface area contributed by atoms with E-state index >= 15 is 0 Å². The SMILES string of the molecule is CCOC(=O)CCC(C)=O.O=C(Nc1cccc(Cl)c1)OCC#CCCl. The van der Waals surface area contributed by atoms with Crippen LogP contribution in [0.15, 0.2) is 24.3 Å². The van der Waals surface area contributed by atoms with Crippen LogP contribution >= 0.6 is 23.2 Å². The fourth-order valence-corrected chi connectivity index (χ4v) is 1.72. The molecule has 1 rings (SSSR count). The van der Waals surface area contributed by atoms with Crippen molar-refractivity contribution in [2.24, 2.45) is 0 Å². The normalized spacial score (nSPS) is 8.92. The maximum Gasteiger partial charge on any atom is 0.412 e. The first kappa shape index (κ1) is 23.8. The molecule has 1 N–H and O–H groups in total. The molecule has 0 saturated carbocycles. The maximum absolute atomic E-state index is 11.2. The molecule has 0 fully saturated rings. The second kappa shape index (κ2) is 15.1. The van der Waals surface area contributed by atoms with E-state index in [2.05, 4.69) is 21.9 Å². The van der Waals surface area contributed by atoms with E-state index in [-0.39, 0.29) is 30.7 Å². The van der Waals surface area contributed by atoms with Crippen molar-refractivity contribution in [3.8, 4) is 11.8 Å². The number of alkyl halides is 1. The number of ether oxygens (including phenoxy) is 2. The molecule has 0 radical (unpaired) electrons. The molecule has 1 amide bonds. The van der Waals surface area contributed by atoms with E-state index in [1.54, 1.807) is 31.2 Å². The first-order chi connectivity index (χ1) is 12.4. The zero-order valence-electron chi connectivity index (χ0n) is 14.6. The number of Topliss-reactive ketones (excluding diaryl/α,β-unsaturated/α-hetero) is 1. The summed E-state index contributed by atoms with van der Waals surface area (Å²) in [6.45, 7) is 3.60. The van der Waals surface area contributed by atoms with Gasteiger partial charge in [-0.2, -0.15) is 0 Å². The molecular weight excluding hydrogens is 381 g/mol. The van der Waals surface area contributed by atoms with E-state index in [9.17, 15) is 14.4 Å². The topological polar surface area (TPSA) is 81.7 Å². The molecule has 0 bridgehead atoms. The van der Waals surface area contributed by atoms with E-state index in [0.717, 1.165) is 0 Å². The lowest BCUT2D eigenvalue weighted by Crippen LogP contribution is -2.13. The highest BCUT2D eigenvalue weighted by Crippen LogP contribution is 2.14. The molecule has 6 nitrogen and oxygen atoms in total. The average molecular weight is 402 g/mol. The van der Waals surface area contributed by atoms with Crippen molar-refractivity contribution in [1.82, 2.24) is 0 Å². The number of hydrogen-bond donors (Lipinski definition) is 1. The third-order valence-electron chi connectivity index (χ3n) is 2.52. The molecule has 1 aromatic carbocycles. The van der Waals surface area contributed by atoms with Gasteiger partial charge in [0.2, 0.25) is 0 Å². The Kier molecular flexibility index (Phi) is 13.8. The van der Waals surface area contributed by atoms with Gasteiger partial charge in [0.15, 0.2) is 6.61 Å². The summed E-state index contributed by atoms with van der Waals surface area (Å²) in [6.07, 6.45) is -0.0757. The number of carbonyl (C=O) groups excluding carboxylic acids is 3. The van der Waals surface area contributed by atoms with Gasteiger partial charge < -0.3 is 14.3 Å². The highest BCUT2D eigenvalue weighted by atomic mass is 35.5. The minimum atomic E-state index is -0.578. The Balaban J connectivity index is 0.000000541. The largest absolute Gasteiger partial charge is 0.466 e. The number of amides is 1. The summed E-state index contributed by atoms with van der Waals surface area (Å²) < 4.78 is 9.36. The molecule has 142 valence electrons. The van der Waals surface area contributed by atoms with Gasteiger partial charge >= 0.3 is 12.1 Å². The van der Waals surface area contributed by atoms with Gasteiger partial charge in [-0.15, -0.1) is 11.6 Å². The second-order valence-corrected chi connectivity index (χ2v) is 5.41. The lowest BCUT2D eigenvalue weighted by molar-refractivity contribution is -0.144. The van der Waals surface area contributed by atoms with Gasteiger partial charge in [0.1, 0.15) is 5.78 Å². The number of anilines is 1. The van der Waals surface area contributed by atoms with E-state index in [1.807, 2.05) is 0 Å². The van der Waals surface area contributed by atoms with Crippen molar-refractivity contribution in [1.29, 1.82) is 0 Å². The number of rotatable bonds is 6. The number of carbonyl (C=O) groups is 3. The molecule has 0 heterocycles. The van der Waals surface area contributed by atoms with E-state index in [4.69, 9.17) is 27.9 Å². The Morgan fingerprint density at radius 2 is 1.88 bits per heavy atom. The standard InChI is InChI=1S/C11H9Cl2NO2.C7H12O3/c12-6-1-2-7-16-11(15)14-10-5-3-4-9(13)8-10;1-3-10-7(9)5-4-6(2)8/h3-5,8H,6-7H2,(H,14,15);3-5H2,1-2H3. The van der Waals surface area contributed by atoms with Crippen LogP contribution in [0, 0.1) is 11.8 Å². The second-order valence-electron chi connectivity index (χ2n) is 4.71. The first-order valence-electron chi connectivity index (χ1n) is 7.75. The number of halogens is 2. The number of ketones is 1. The van der Waals surface area contributed by atoms with Crippen molar-refractivity contribution in [3.63, 3.8) is 0 Å². The van der Waals surface area contributed by atoms with Gasteiger partial charge in [-0.05, 0) is 32.0 Å². The smallest absolute Gasteiger partial charge is 0.412 e. The summed E-state index contributed by atoms with van der Waals surface area (Å²) in [5.41, 5.74) is 0.572. The maximum atomic E-state index is 11.2. The Bertz CT molecular complexity index is 652. The lowest BCUT2D eigenvalue weighted by atomic mass is 10.2. The predicted molar refractivity (Wildman–Crippen MR) is 101 cm³/mol. The van der Waals surface area contributed by atoms with Crippen LogP contribution in [0.3, 0.4) is 0 Å². The van der Waals surface area contributed by atoms with Gasteiger partial charge in [0, 0.05) is 17.1 Å². The molecule has 0 aliphatic rings. The van der Waals surface area contributed by atoms with Crippen LogP contribution in [-0.4, -0.2) is 36.9 Å². The minimum absolute atomic E-state index is 0.0130. The molecule has 1 aromatic rings. The molecule has 0 aliphatic carbocycles. The van der Waals surface area contributed by atoms with Gasteiger partial charge in [0.05, 0.1) is 18.9 Å². The summed E-state index contributed by atoms with van der Waals surface area (Å²) in [5.74, 6) is 5.09. The van der Waals surface area contributed by atoms with Crippen LogP contribution in [0.2, 0.25) is 5.02 Å². The molecule has 0 spiro atoms. The van der Waals surface area contributed by atoms with Crippen LogP contribution in [0.5, 0.6) is 0 Å². The monoisotopic (exact) mass is 401 g/mol. The number of hydrogen-bond acceptors (Lipinski definition) is 5. The Morgan fingerprint density at radius 3 is 2.46 bits per heavy atom. The Hall–Kier alpha value is -2.23. The van der Waals surface area contributed by atoms with E-state index < -0.39 is 6.09 Å². The van der Waals surface area contributed by atoms with Crippen LogP contribution in [-0.2, 0) is 19.1 Å². The van der Waals surface area contributed by atoms with Crippen molar-refractivity contribution >= 4 is 46.7 Å². The molecule has 0 atom stereocenters. The summed E-state index contributed by atoms with van der Waals surface area (Å²) in [4.78, 5) is 32.1. The summed E-state index contributed by atoms with van der Waals surface area (Å²) in [7, 11) is 0. The van der Waals surface area contributed by atoms with Gasteiger partial charge in [0.25, 0.3) is 0 Å². The van der Waals surface area contributed by atoms with Gasteiger partial charge in [-0.1, -0.05) is 29.5 Å². The molecule has 26 heavy (non-hydrogen) atoms. The Morgan fingerprint density at radius 1 is 1.15 bits per heavy atom. The van der Waals surface area contributed by atoms with Crippen LogP contribution < -0.4 is 5.32 Å². The van der Waals surface area contributed by atoms with Crippen molar-refractivity contribution in [3.05, 3.63) is 29.3 Å². The van der Waals surface area contributed by atoms with Crippen molar-refractivity contribution < 1.29 is 23.9 Å². The number of benzene rings is 1. The summed E-state index contributed by atoms with van der Waals surface area (Å²) in [5, 5.41) is 3.05. The zero-order valence-corrected chi connectivity index (χ0v) is 16.2. The zero-order chi connectivity index (χ0) is 19.8. The summed E-state index contributed by atoms with van der Waals surface area (Å²) in [6, 6.07) is 6.76. The van der Waals surface area contributed by atoms with E-state index in [0.29, 0.717) is 23.7 Å². The summed E-state index contributed by atoms with van der Waals surface area (Å²) >= 11 is 11.1. The van der Waals surface area contributed by atoms with Crippen molar-refractivity contribution in [2.75, 3.05) is 24.4 Å².